The number of nitrogens with zero attached hydrogens (tertiary/aromatic N) is 2. The molecule has 0 saturated carbocycles. The van der Waals surface area contributed by atoms with Crippen LogP contribution in [0.5, 0.6) is 0 Å². The Morgan fingerprint density at radius 1 is 1.03 bits per heavy atom. The molecule has 6 nitrogen and oxygen atoms in total. The number of halogens is 1. The van der Waals surface area contributed by atoms with Crippen LogP contribution in [0.3, 0.4) is 0 Å². The number of hydrogen-bond acceptors (Lipinski definition) is 5. The van der Waals surface area contributed by atoms with E-state index in [-0.39, 0.29) is 22.2 Å². The molecule has 2 aromatic heterocycles. The molecule has 1 amide bonds. The molecule has 0 fully saturated rings. The molecular weight excluding hydrogens is 440 g/mol. The van der Waals surface area contributed by atoms with Crippen molar-refractivity contribution in [2.75, 3.05) is 4.90 Å². The normalized spacial score (nSPS) is 16.0. The lowest BCUT2D eigenvalue weighted by Gasteiger charge is -2.24. The molecule has 4 aromatic rings. The number of benzene rings is 2. The van der Waals surface area contributed by atoms with E-state index in [0.29, 0.717) is 27.6 Å². The summed E-state index contributed by atoms with van der Waals surface area (Å²) in [4.78, 5) is 28.7. The van der Waals surface area contributed by atoms with Crippen LogP contribution in [0.2, 0.25) is 5.02 Å². The predicted molar refractivity (Wildman–Crippen MR) is 127 cm³/mol. The molecule has 7 heteroatoms. The summed E-state index contributed by atoms with van der Waals surface area (Å²) in [6.07, 6.45) is 0. The van der Waals surface area contributed by atoms with Gasteiger partial charge in [0.05, 0.1) is 17.0 Å². The summed E-state index contributed by atoms with van der Waals surface area (Å²) in [7, 11) is 0. The summed E-state index contributed by atoms with van der Waals surface area (Å²) in [6, 6.07) is 12.2. The van der Waals surface area contributed by atoms with Gasteiger partial charge in [-0.05, 0) is 48.1 Å². The molecule has 0 spiro atoms. The van der Waals surface area contributed by atoms with Crippen molar-refractivity contribution in [1.82, 2.24) is 5.16 Å². The van der Waals surface area contributed by atoms with Gasteiger partial charge in [-0.25, -0.2) is 0 Å². The van der Waals surface area contributed by atoms with Crippen LogP contribution in [0, 0.1) is 13.8 Å². The molecule has 1 atom stereocenters. The van der Waals surface area contributed by atoms with Crippen molar-refractivity contribution in [3.8, 4) is 0 Å². The van der Waals surface area contributed by atoms with Gasteiger partial charge in [-0.3, -0.25) is 14.5 Å². The van der Waals surface area contributed by atoms with Crippen LogP contribution in [0.4, 0.5) is 5.82 Å². The van der Waals surface area contributed by atoms with Crippen LogP contribution >= 0.6 is 11.6 Å². The Morgan fingerprint density at radius 3 is 2.33 bits per heavy atom. The van der Waals surface area contributed by atoms with E-state index in [0.717, 1.165) is 16.7 Å². The summed E-state index contributed by atoms with van der Waals surface area (Å²) in [5.41, 5.74) is 2.97. The van der Waals surface area contributed by atoms with Gasteiger partial charge in [-0.15, -0.1) is 0 Å². The molecule has 2 aromatic carbocycles. The highest BCUT2D eigenvalue weighted by atomic mass is 35.5. The minimum Gasteiger partial charge on any atom is -0.450 e. The predicted octanol–water partition coefficient (Wildman–Crippen LogP) is 6.10. The number of aryl methyl sites for hydroxylation is 2. The van der Waals surface area contributed by atoms with Crippen LogP contribution < -0.4 is 10.3 Å². The van der Waals surface area contributed by atoms with Crippen LogP contribution in [-0.4, -0.2) is 11.1 Å². The Kier molecular flexibility index (Phi) is 4.76. The van der Waals surface area contributed by atoms with E-state index in [9.17, 15) is 9.59 Å². The van der Waals surface area contributed by atoms with Gasteiger partial charge in [0.2, 0.25) is 5.76 Å². The van der Waals surface area contributed by atoms with E-state index in [4.69, 9.17) is 20.5 Å². The van der Waals surface area contributed by atoms with E-state index in [2.05, 4.69) is 25.9 Å². The van der Waals surface area contributed by atoms with Gasteiger partial charge in [-0.1, -0.05) is 61.8 Å². The van der Waals surface area contributed by atoms with E-state index in [1.807, 2.05) is 31.2 Å². The highest BCUT2D eigenvalue weighted by Gasteiger charge is 2.45. The molecule has 0 bridgehead atoms. The molecule has 33 heavy (non-hydrogen) atoms. The summed E-state index contributed by atoms with van der Waals surface area (Å²) in [5.74, 6) is 0.462. The fourth-order valence-electron chi connectivity index (χ4n) is 4.28. The van der Waals surface area contributed by atoms with Gasteiger partial charge in [0.1, 0.15) is 11.3 Å². The highest BCUT2D eigenvalue weighted by molar-refractivity contribution is 6.32. The van der Waals surface area contributed by atoms with E-state index < -0.39 is 11.9 Å². The standard InChI is InChI=1S/C26H23ClN2O4/c1-13-10-19-17(12-18(13)27)23(30)21-22(15-6-8-16(9-7-15)26(3,4)5)29(25(31)24(21)32-19)20-11-14(2)33-28-20/h6-12,22H,1-5H3/t22-/m0/s1. The fourth-order valence-corrected chi connectivity index (χ4v) is 4.44. The van der Waals surface area contributed by atoms with Gasteiger partial charge in [0.15, 0.2) is 11.2 Å². The zero-order valence-corrected chi connectivity index (χ0v) is 19.8. The molecule has 0 N–H and O–H groups in total. The second kappa shape index (κ2) is 7.32. The van der Waals surface area contributed by atoms with Gasteiger partial charge in [0.25, 0.3) is 5.91 Å². The van der Waals surface area contributed by atoms with Crippen molar-refractivity contribution < 1.29 is 13.7 Å². The SMILES string of the molecule is Cc1cc(N2C(=O)c3oc4cc(C)c(Cl)cc4c(=O)c3[C@@H]2c2ccc(C(C)(C)C)cc2)no1. The van der Waals surface area contributed by atoms with E-state index in [1.165, 1.54) is 4.90 Å². The van der Waals surface area contributed by atoms with Crippen molar-refractivity contribution in [2.45, 2.75) is 46.1 Å². The molecule has 0 unspecified atom stereocenters. The monoisotopic (exact) mass is 462 g/mol. The Morgan fingerprint density at radius 2 is 1.73 bits per heavy atom. The third-order valence-electron chi connectivity index (χ3n) is 6.11. The zero-order chi connectivity index (χ0) is 23.7. The molecule has 1 aliphatic heterocycles. The lowest BCUT2D eigenvalue weighted by Crippen LogP contribution is -2.29. The molecule has 0 aliphatic carbocycles. The maximum atomic E-state index is 13.7. The summed E-state index contributed by atoms with van der Waals surface area (Å²) in [6.45, 7) is 9.97. The van der Waals surface area contributed by atoms with Crippen molar-refractivity contribution >= 4 is 34.3 Å². The number of rotatable bonds is 2. The number of hydrogen-bond donors (Lipinski definition) is 0. The summed E-state index contributed by atoms with van der Waals surface area (Å²) in [5, 5.41) is 4.86. The first-order valence-electron chi connectivity index (χ1n) is 10.7. The van der Waals surface area contributed by atoms with Crippen LogP contribution in [-0.2, 0) is 5.41 Å². The number of anilines is 1. The summed E-state index contributed by atoms with van der Waals surface area (Å²) >= 11 is 6.30. The van der Waals surface area contributed by atoms with Gasteiger partial charge in [-0.2, -0.15) is 0 Å². The molecule has 0 saturated heterocycles. The first-order chi connectivity index (χ1) is 15.6. The maximum absolute atomic E-state index is 13.7. The average Bonchev–Trinajstić information content (AvgIpc) is 3.30. The quantitative estimate of drug-likeness (QED) is 0.360. The van der Waals surface area contributed by atoms with Crippen molar-refractivity contribution in [2.24, 2.45) is 0 Å². The lowest BCUT2D eigenvalue weighted by atomic mass is 9.86. The van der Waals surface area contributed by atoms with Gasteiger partial charge >= 0.3 is 0 Å². The first-order valence-corrected chi connectivity index (χ1v) is 11.1. The second-order valence-electron chi connectivity index (χ2n) is 9.52. The Labute approximate surface area is 195 Å². The third-order valence-corrected chi connectivity index (χ3v) is 6.51. The number of carbonyl (C=O) groups excluding carboxylic acids is 1. The Hall–Kier alpha value is -3.38. The largest absolute Gasteiger partial charge is 0.450 e. The van der Waals surface area contributed by atoms with Crippen LogP contribution in [0.1, 0.15) is 65.4 Å². The fraction of sp³-hybridized carbons (Fsp3) is 0.269. The number of aromatic nitrogens is 1. The molecule has 168 valence electrons. The van der Waals surface area contributed by atoms with Crippen LogP contribution in [0.25, 0.3) is 11.0 Å². The average molecular weight is 463 g/mol. The molecule has 5 rings (SSSR count). The van der Waals surface area contributed by atoms with Gasteiger partial charge in [0, 0.05) is 11.1 Å². The minimum absolute atomic E-state index is 0.0137. The maximum Gasteiger partial charge on any atom is 0.296 e. The molecular formula is C26H23ClN2O4. The molecule has 0 radical (unpaired) electrons. The smallest absolute Gasteiger partial charge is 0.296 e. The Bertz CT molecular complexity index is 1480. The summed E-state index contributed by atoms with van der Waals surface area (Å²) < 4.78 is 11.3. The van der Waals surface area contributed by atoms with Crippen molar-refractivity contribution in [3.63, 3.8) is 0 Å². The minimum atomic E-state index is -0.702. The number of carbonyl (C=O) groups is 1. The topological polar surface area (TPSA) is 76.6 Å². The Balaban J connectivity index is 1.78. The van der Waals surface area contributed by atoms with Crippen molar-refractivity contribution in [1.29, 1.82) is 0 Å². The van der Waals surface area contributed by atoms with Crippen LogP contribution in [0.15, 0.2) is 56.2 Å². The first kappa shape index (κ1) is 21.5. The molecule has 1 aliphatic rings. The lowest BCUT2D eigenvalue weighted by molar-refractivity contribution is 0.0969. The number of fused-ring (bicyclic) bond motifs is 2. The van der Waals surface area contributed by atoms with E-state index in [1.54, 1.807) is 25.1 Å². The van der Waals surface area contributed by atoms with Gasteiger partial charge < -0.3 is 8.94 Å². The number of amides is 1. The molecule has 3 heterocycles. The zero-order valence-electron chi connectivity index (χ0n) is 19.0. The second-order valence-corrected chi connectivity index (χ2v) is 9.92. The van der Waals surface area contributed by atoms with E-state index >= 15 is 0 Å². The highest BCUT2D eigenvalue weighted by Crippen LogP contribution is 2.41. The van der Waals surface area contributed by atoms with Crippen molar-refractivity contribution in [3.05, 3.63) is 91.5 Å². The third kappa shape index (κ3) is 3.37.